The lowest BCUT2D eigenvalue weighted by Crippen LogP contribution is -2.58. The number of nitrogens with one attached hydrogen (secondary N) is 4. The third kappa shape index (κ3) is 9.85. The van der Waals surface area contributed by atoms with Crippen LogP contribution in [0.1, 0.15) is 52.4 Å². The van der Waals surface area contributed by atoms with Gasteiger partial charge < -0.3 is 37.2 Å². The maximum absolute atomic E-state index is 12.9. The number of amides is 4. The van der Waals surface area contributed by atoms with Gasteiger partial charge in [0.05, 0.1) is 6.04 Å². The monoisotopic (exact) mass is 471 g/mol. The first-order chi connectivity index (χ1) is 15.4. The van der Waals surface area contributed by atoms with Gasteiger partial charge in [-0.2, -0.15) is 0 Å². The SMILES string of the molecule is CC(C)C(NC(=O)C(CCC(N)=O)NC(=O)C1CCCN1)C(=O)NC(CCC(=O)O)C(=O)O. The summed E-state index contributed by atoms with van der Waals surface area (Å²) in [5.74, 6) is -5.71. The van der Waals surface area contributed by atoms with E-state index in [-0.39, 0.29) is 19.3 Å². The lowest BCUT2D eigenvalue weighted by molar-refractivity contribution is -0.143. The van der Waals surface area contributed by atoms with Crippen LogP contribution < -0.4 is 27.0 Å². The van der Waals surface area contributed by atoms with Gasteiger partial charge >= 0.3 is 11.9 Å². The largest absolute Gasteiger partial charge is 0.481 e. The molecule has 0 aromatic rings. The van der Waals surface area contributed by atoms with Crippen molar-refractivity contribution < 1.29 is 39.0 Å². The van der Waals surface area contributed by atoms with E-state index >= 15 is 0 Å². The molecule has 33 heavy (non-hydrogen) atoms. The van der Waals surface area contributed by atoms with Gasteiger partial charge in [0.2, 0.25) is 23.6 Å². The molecule has 0 bridgehead atoms. The molecule has 4 unspecified atom stereocenters. The van der Waals surface area contributed by atoms with Crippen LogP contribution >= 0.6 is 0 Å². The third-order valence-corrected chi connectivity index (χ3v) is 5.20. The van der Waals surface area contributed by atoms with Crippen LogP contribution in [0.3, 0.4) is 0 Å². The number of carboxylic acid groups (broad SMARTS) is 2. The van der Waals surface area contributed by atoms with E-state index in [1.54, 1.807) is 13.8 Å². The number of carbonyl (C=O) groups is 6. The Labute approximate surface area is 191 Å². The van der Waals surface area contributed by atoms with E-state index in [1.165, 1.54) is 0 Å². The number of primary amides is 1. The van der Waals surface area contributed by atoms with Gasteiger partial charge in [0.1, 0.15) is 18.1 Å². The second-order valence-electron chi connectivity index (χ2n) is 8.28. The van der Waals surface area contributed by atoms with E-state index in [0.29, 0.717) is 13.0 Å². The van der Waals surface area contributed by atoms with Gasteiger partial charge in [-0.25, -0.2) is 4.79 Å². The molecule has 186 valence electrons. The highest BCUT2D eigenvalue weighted by Gasteiger charge is 2.33. The van der Waals surface area contributed by atoms with Gasteiger partial charge in [-0.15, -0.1) is 0 Å². The van der Waals surface area contributed by atoms with Crippen LogP contribution in [0.25, 0.3) is 0 Å². The minimum Gasteiger partial charge on any atom is -0.481 e. The highest BCUT2D eigenvalue weighted by molar-refractivity contribution is 5.94. The van der Waals surface area contributed by atoms with E-state index in [0.717, 1.165) is 6.42 Å². The van der Waals surface area contributed by atoms with Gasteiger partial charge in [0.15, 0.2) is 0 Å². The van der Waals surface area contributed by atoms with Crippen LogP contribution in [0.5, 0.6) is 0 Å². The Morgan fingerprint density at radius 2 is 1.58 bits per heavy atom. The lowest BCUT2D eigenvalue weighted by atomic mass is 10.0. The average molecular weight is 472 g/mol. The number of hydrogen-bond acceptors (Lipinski definition) is 7. The van der Waals surface area contributed by atoms with Crippen LogP contribution in [0, 0.1) is 5.92 Å². The molecule has 13 heteroatoms. The molecule has 1 saturated heterocycles. The van der Waals surface area contributed by atoms with Crippen molar-refractivity contribution in [2.45, 2.75) is 76.5 Å². The topological polar surface area (TPSA) is 217 Å². The first kappa shape index (κ1) is 27.8. The fourth-order valence-corrected chi connectivity index (χ4v) is 3.31. The molecule has 1 rings (SSSR count). The fraction of sp³-hybridized carbons (Fsp3) is 0.700. The zero-order valence-corrected chi connectivity index (χ0v) is 18.8. The quantitative estimate of drug-likeness (QED) is 0.150. The number of rotatable bonds is 14. The van der Waals surface area contributed by atoms with Crippen molar-refractivity contribution in [3.63, 3.8) is 0 Å². The molecule has 4 atom stereocenters. The van der Waals surface area contributed by atoms with E-state index < -0.39 is 72.1 Å². The molecule has 0 aromatic carbocycles. The number of carbonyl (C=O) groups excluding carboxylic acids is 4. The third-order valence-electron chi connectivity index (χ3n) is 5.20. The Hall–Kier alpha value is -3.22. The normalized spacial score (nSPS) is 18.1. The van der Waals surface area contributed by atoms with Crippen LogP contribution in [0.15, 0.2) is 0 Å². The number of carboxylic acids is 2. The molecule has 0 aromatic heterocycles. The fourth-order valence-electron chi connectivity index (χ4n) is 3.31. The van der Waals surface area contributed by atoms with Gasteiger partial charge in [-0.1, -0.05) is 13.8 Å². The highest BCUT2D eigenvalue weighted by atomic mass is 16.4. The van der Waals surface area contributed by atoms with Crippen LogP contribution in [0.4, 0.5) is 0 Å². The molecule has 0 aliphatic carbocycles. The molecule has 13 nitrogen and oxygen atoms in total. The summed E-state index contributed by atoms with van der Waals surface area (Å²) in [4.78, 5) is 71.3. The summed E-state index contributed by atoms with van der Waals surface area (Å²) in [5.41, 5.74) is 5.17. The summed E-state index contributed by atoms with van der Waals surface area (Å²) in [7, 11) is 0. The smallest absolute Gasteiger partial charge is 0.326 e. The zero-order valence-electron chi connectivity index (χ0n) is 18.8. The predicted molar refractivity (Wildman–Crippen MR) is 115 cm³/mol. The first-order valence-electron chi connectivity index (χ1n) is 10.8. The van der Waals surface area contributed by atoms with Crippen molar-refractivity contribution in [1.82, 2.24) is 21.3 Å². The standard InChI is InChI=1S/C20H33N5O8/c1-10(2)16(19(31)24-13(20(32)33)6-8-15(27)28)25-18(30)12(5-7-14(21)26)23-17(29)11-4-3-9-22-11/h10-13,16,22H,3-9H2,1-2H3,(H2,21,26)(H,23,29)(H,24,31)(H,25,30)(H,27,28)(H,32,33). The molecular weight excluding hydrogens is 438 g/mol. The van der Waals surface area contributed by atoms with Crippen LogP contribution in [0.2, 0.25) is 0 Å². The summed E-state index contributed by atoms with van der Waals surface area (Å²) in [6, 6.07) is -4.22. The maximum Gasteiger partial charge on any atom is 0.326 e. The number of nitrogens with two attached hydrogens (primary N) is 1. The number of hydrogen-bond donors (Lipinski definition) is 7. The maximum atomic E-state index is 12.9. The van der Waals surface area contributed by atoms with Gasteiger partial charge in [-0.3, -0.25) is 24.0 Å². The summed E-state index contributed by atoms with van der Waals surface area (Å²) in [6.45, 7) is 3.91. The van der Waals surface area contributed by atoms with E-state index in [1.807, 2.05) is 0 Å². The van der Waals surface area contributed by atoms with Crippen molar-refractivity contribution in [2.75, 3.05) is 6.54 Å². The van der Waals surface area contributed by atoms with E-state index in [9.17, 15) is 33.9 Å². The molecular formula is C20H33N5O8. The average Bonchev–Trinajstić information content (AvgIpc) is 3.26. The van der Waals surface area contributed by atoms with Crippen molar-refractivity contribution in [3.05, 3.63) is 0 Å². The highest BCUT2D eigenvalue weighted by Crippen LogP contribution is 2.09. The predicted octanol–water partition coefficient (Wildman–Crippen LogP) is -1.94. The van der Waals surface area contributed by atoms with Gasteiger partial charge in [-0.05, 0) is 38.1 Å². The second kappa shape index (κ2) is 13.4. The van der Waals surface area contributed by atoms with Crippen LogP contribution in [-0.4, -0.2) is 76.5 Å². The Morgan fingerprint density at radius 1 is 0.939 bits per heavy atom. The first-order valence-corrected chi connectivity index (χ1v) is 10.8. The minimum atomic E-state index is -1.45. The summed E-state index contributed by atoms with van der Waals surface area (Å²) in [6.07, 6.45) is 0.347. The molecule has 1 aliphatic heterocycles. The molecule has 8 N–H and O–H groups in total. The number of aliphatic carboxylic acids is 2. The molecule has 0 saturated carbocycles. The molecule has 1 aliphatic rings. The molecule has 0 spiro atoms. The Morgan fingerprint density at radius 3 is 2.06 bits per heavy atom. The second-order valence-corrected chi connectivity index (χ2v) is 8.28. The molecule has 0 radical (unpaired) electrons. The van der Waals surface area contributed by atoms with Crippen LogP contribution in [-0.2, 0) is 28.8 Å². The van der Waals surface area contributed by atoms with E-state index in [4.69, 9.17) is 10.8 Å². The molecule has 4 amide bonds. The Kier molecular flexibility index (Phi) is 11.3. The van der Waals surface area contributed by atoms with Crippen molar-refractivity contribution in [2.24, 2.45) is 11.7 Å². The molecule has 1 fully saturated rings. The van der Waals surface area contributed by atoms with Gasteiger partial charge in [0, 0.05) is 12.8 Å². The summed E-state index contributed by atoms with van der Waals surface area (Å²) >= 11 is 0. The Balaban J connectivity index is 2.89. The Bertz CT molecular complexity index is 751. The summed E-state index contributed by atoms with van der Waals surface area (Å²) in [5, 5.41) is 28.3. The lowest BCUT2D eigenvalue weighted by Gasteiger charge is -2.27. The van der Waals surface area contributed by atoms with Crippen molar-refractivity contribution >= 4 is 35.6 Å². The zero-order chi connectivity index (χ0) is 25.1. The van der Waals surface area contributed by atoms with Crippen molar-refractivity contribution in [1.29, 1.82) is 0 Å². The molecule has 1 heterocycles. The van der Waals surface area contributed by atoms with Gasteiger partial charge in [0.25, 0.3) is 0 Å². The van der Waals surface area contributed by atoms with Crippen molar-refractivity contribution in [3.8, 4) is 0 Å². The van der Waals surface area contributed by atoms with E-state index in [2.05, 4.69) is 21.3 Å². The minimum absolute atomic E-state index is 0.0809. The summed E-state index contributed by atoms with van der Waals surface area (Å²) < 4.78 is 0.